The Labute approximate surface area is 199 Å². The van der Waals surface area contributed by atoms with Gasteiger partial charge in [-0.25, -0.2) is 28.5 Å². The minimum atomic E-state index is -0.815. The molecule has 0 amide bonds. The number of aromatic amines is 3. The molecule has 4 aromatic rings. The zero-order valence-corrected chi connectivity index (χ0v) is 18.8. The maximum Gasteiger partial charge on any atom is 0.323 e. The highest BCUT2D eigenvalue weighted by Gasteiger charge is 2.25. The van der Waals surface area contributed by atoms with E-state index in [4.69, 9.17) is 0 Å². The van der Waals surface area contributed by atoms with Gasteiger partial charge in [-0.1, -0.05) is 0 Å². The lowest BCUT2D eigenvalue weighted by Gasteiger charge is -2.31. The molecule has 0 atom stereocenters. The molecule has 1 aromatic carbocycles. The van der Waals surface area contributed by atoms with E-state index in [1.807, 2.05) is 0 Å². The first-order valence-electron chi connectivity index (χ1n) is 11.6. The fourth-order valence-corrected chi connectivity index (χ4v) is 5.03. The van der Waals surface area contributed by atoms with Crippen LogP contribution in [0.5, 0.6) is 0 Å². The second-order valence-electron chi connectivity index (χ2n) is 9.16. The zero-order valence-electron chi connectivity index (χ0n) is 18.8. The molecule has 1 aliphatic carbocycles. The first kappa shape index (κ1) is 21.5. The average molecular weight is 479 g/mol. The van der Waals surface area contributed by atoms with Crippen molar-refractivity contribution in [1.82, 2.24) is 29.9 Å². The molecule has 9 nitrogen and oxygen atoms in total. The van der Waals surface area contributed by atoms with Gasteiger partial charge in [-0.15, -0.1) is 0 Å². The second kappa shape index (κ2) is 8.64. The Bertz CT molecular complexity index is 1370. The summed E-state index contributed by atoms with van der Waals surface area (Å²) >= 11 is 0. The lowest BCUT2D eigenvalue weighted by atomic mass is 9.94. The highest BCUT2D eigenvalue weighted by molar-refractivity contribution is 5.59. The molecule has 0 spiro atoms. The molecule has 3 aromatic heterocycles. The summed E-state index contributed by atoms with van der Waals surface area (Å²) in [4.78, 5) is 35.8. The van der Waals surface area contributed by atoms with Gasteiger partial charge < -0.3 is 25.2 Å². The molecule has 1 aliphatic heterocycles. The van der Waals surface area contributed by atoms with E-state index >= 15 is 0 Å². The highest BCUT2D eigenvalue weighted by atomic mass is 19.2. The van der Waals surface area contributed by atoms with Crippen molar-refractivity contribution in [1.29, 1.82) is 0 Å². The maximum absolute atomic E-state index is 13.5. The van der Waals surface area contributed by atoms with Gasteiger partial charge in [-0.05, 0) is 48.9 Å². The third-order valence-corrected chi connectivity index (χ3v) is 6.88. The minimum absolute atomic E-state index is 0.0113. The molecule has 1 fully saturated rings. The van der Waals surface area contributed by atoms with Crippen molar-refractivity contribution in [2.75, 3.05) is 23.3 Å². The smallest absolute Gasteiger partial charge is 0.323 e. The Morgan fingerprint density at radius 1 is 0.943 bits per heavy atom. The molecule has 1 saturated heterocycles. The van der Waals surface area contributed by atoms with Crippen molar-refractivity contribution in [2.24, 2.45) is 0 Å². The van der Waals surface area contributed by atoms with Crippen LogP contribution in [0.1, 0.15) is 35.6 Å². The molecular weight excluding hydrogens is 454 g/mol. The summed E-state index contributed by atoms with van der Waals surface area (Å²) < 4.78 is 27.0. The fourth-order valence-electron chi connectivity index (χ4n) is 5.03. The number of hydrogen-bond acceptors (Lipinski definition) is 6. The van der Waals surface area contributed by atoms with E-state index in [-0.39, 0.29) is 11.7 Å². The van der Waals surface area contributed by atoms with Gasteiger partial charge in [-0.2, -0.15) is 0 Å². The molecule has 0 saturated carbocycles. The predicted octanol–water partition coefficient (Wildman–Crippen LogP) is 3.12. The van der Waals surface area contributed by atoms with Crippen LogP contribution in [0.25, 0.3) is 11.3 Å². The number of H-pyrrole nitrogens is 3. The van der Waals surface area contributed by atoms with Gasteiger partial charge in [0.1, 0.15) is 0 Å². The molecule has 0 unspecified atom stereocenters. The third kappa shape index (κ3) is 4.29. The lowest BCUT2D eigenvalue weighted by molar-refractivity contribution is 0.492. The molecule has 0 radical (unpaired) electrons. The van der Waals surface area contributed by atoms with Gasteiger partial charge in [0.05, 0.1) is 11.9 Å². The molecule has 6 rings (SSSR count). The first-order valence-corrected chi connectivity index (χ1v) is 11.6. The summed E-state index contributed by atoms with van der Waals surface area (Å²) in [5.74, 6) is -0.0297. The number of rotatable bonds is 5. The first-order chi connectivity index (χ1) is 17.0. The summed E-state index contributed by atoms with van der Waals surface area (Å²) in [6, 6.07) is 2.54. The van der Waals surface area contributed by atoms with Crippen molar-refractivity contribution >= 4 is 11.9 Å². The van der Waals surface area contributed by atoms with Crippen LogP contribution < -0.4 is 15.9 Å². The summed E-state index contributed by atoms with van der Waals surface area (Å²) in [5, 5.41) is 3.26. The number of halogens is 2. The summed E-state index contributed by atoms with van der Waals surface area (Å²) in [5.41, 5.74) is 4.06. The molecular formula is C24H24F2N8O. The van der Waals surface area contributed by atoms with E-state index in [9.17, 15) is 13.6 Å². The van der Waals surface area contributed by atoms with Crippen LogP contribution in [0.4, 0.5) is 20.7 Å². The fraction of sp³-hybridized carbons (Fsp3) is 0.333. The predicted molar refractivity (Wildman–Crippen MR) is 126 cm³/mol. The van der Waals surface area contributed by atoms with Crippen LogP contribution in [-0.4, -0.2) is 49.0 Å². The Morgan fingerprint density at radius 2 is 1.63 bits per heavy atom. The number of nitrogens with one attached hydrogen (secondary N) is 4. The second-order valence-corrected chi connectivity index (χ2v) is 9.16. The van der Waals surface area contributed by atoms with Gasteiger partial charge in [0.15, 0.2) is 11.6 Å². The van der Waals surface area contributed by atoms with Crippen molar-refractivity contribution in [3.05, 3.63) is 75.9 Å². The van der Waals surface area contributed by atoms with Gasteiger partial charge in [-0.3, -0.25) is 0 Å². The Kier molecular flexibility index (Phi) is 5.31. The number of benzene rings is 1. The number of anilines is 2. The Hall–Kier alpha value is -4.02. The SMILES string of the molecule is O=c1[nH]cc(C2CCN(c3ncc(-c4cnc(NC5Cc6cc(F)c(F)cc6C5)nc4)[nH]3)CC2)[nH]1. The summed E-state index contributed by atoms with van der Waals surface area (Å²) in [6.07, 6.45) is 10.0. The molecule has 2 aliphatic rings. The lowest BCUT2D eigenvalue weighted by Crippen LogP contribution is -2.33. The van der Waals surface area contributed by atoms with Crippen molar-refractivity contribution in [2.45, 2.75) is 37.6 Å². The average Bonchev–Trinajstić information content (AvgIpc) is 3.60. The van der Waals surface area contributed by atoms with Gasteiger partial charge in [0, 0.05) is 54.9 Å². The Balaban J connectivity index is 1.07. The van der Waals surface area contributed by atoms with E-state index in [2.05, 4.69) is 40.1 Å². The minimum Gasteiger partial charge on any atom is -0.351 e. The topological polar surface area (TPSA) is 118 Å². The van der Waals surface area contributed by atoms with Gasteiger partial charge in [0.2, 0.25) is 11.9 Å². The number of nitrogens with zero attached hydrogens (tertiary/aromatic N) is 4. The molecule has 180 valence electrons. The summed E-state index contributed by atoms with van der Waals surface area (Å²) in [7, 11) is 0. The number of hydrogen-bond donors (Lipinski definition) is 4. The largest absolute Gasteiger partial charge is 0.351 e. The van der Waals surface area contributed by atoms with Crippen LogP contribution >= 0.6 is 0 Å². The molecule has 11 heteroatoms. The standard InChI is InChI=1S/C24H24F2N8O/c25-18-7-14-5-17(6-15(14)8-19(18)26)31-22-27-9-16(10-28-22)21-11-29-23(32-21)34-3-1-13(2-4-34)20-12-30-24(35)33-20/h7-13,17H,1-6H2,(H,29,32)(H,27,28,31)(H2,30,33,35). The van der Waals surface area contributed by atoms with E-state index in [1.165, 1.54) is 12.1 Å². The van der Waals surface area contributed by atoms with Crippen LogP contribution in [0.15, 0.2) is 41.7 Å². The molecule has 35 heavy (non-hydrogen) atoms. The zero-order chi connectivity index (χ0) is 23.9. The van der Waals surface area contributed by atoms with Crippen molar-refractivity contribution in [3.8, 4) is 11.3 Å². The number of imidazole rings is 2. The maximum atomic E-state index is 13.5. The van der Waals surface area contributed by atoms with Crippen LogP contribution in [0, 0.1) is 11.6 Å². The van der Waals surface area contributed by atoms with Crippen molar-refractivity contribution in [3.63, 3.8) is 0 Å². The van der Waals surface area contributed by atoms with Crippen molar-refractivity contribution < 1.29 is 8.78 Å². The number of aromatic nitrogens is 6. The number of fused-ring (bicyclic) bond motifs is 1. The molecule has 4 N–H and O–H groups in total. The number of piperidine rings is 1. The normalized spacial score (nSPS) is 16.6. The van der Waals surface area contributed by atoms with Crippen LogP contribution in [-0.2, 0) is 12.8 Å². The van der Waals surface area contributed by atoms with E-state index in [0.29, 0.717) is 24.7 Å². The van der Waals surface area contributed by atoms with E-state index < -0.39 is 11.6 Å². The van der Waals surface area contributed by atoms with Crippen LogP contribution in [0.3, 0.4) is 0 Å². The third-order valence-electron chi connectivity index (χ3n) is 6.88. The highest BCUT2D eigenvalue weighted by Crippen LogP contribution is 2.29. The molecule has 0 bridgehead atoms. The van der Waals surface area contributed by atoms with Gasteiger partial charge >= 0.3 is 5.69 Å². The quantitative estimate of drug-likeness (QED) is 0.350. The molecule has 4 heterocycles. The van der Waals surface area contributed by atoms with Crippen LogP contribution in [0.2, 0.25) is 0 Å². The van der Waals surface area contributed by atoms with E-state index in [0.717, 1.165) is 60.0 Å². The summed E-state index contributed by atoms with van der Waals surface area (Å²) in [6.45, 7) is 1.67. The monoisotopic (exact) mass is 478 g/mol. The van der Waals surface area contributed by atoms with E-state index in [1.54, 1.807) is 24.8 Å². The van der Waals surface area contributed by atoms with Gasteiger partial charge in [0.25, 0.3) is 0 Å². The Morgan fingerprint density at radius 3 is 2.26 bits per heavy atom.